The molecule has 3 aromatic rings. The predicted molar refractivity (Wildman–Crippen MR) is 106 cm³/mol. The molecule has 1 N–H and O–H groups in total. The Balaban J connectivity index is 1.74. The van der Waals surface area contributed by atoms with Crippen molar-refractivity contribution >= 4 is 23.1 Å². The second-order valence-corrected chi connectivity index (χ2v) is 6.37. The standard InChI is InChI=1S/C22H21N3O2/c1-16(26)18-9-6-10-20(11-18)24-21-12-19(13-23-14-21)22(27)25(2)15-17-7-4-3-5-8-17/h3-14,24H,15H2,1-2H3. The van der Waals surface area contributed by atoms with Crippen LogP contribution in [-0.4, -0.2) is 28.6 Å². The van der Waals surface area contributed by atoms with E-state index in [1.807, 2.05) is 42.5 Å². The topological polar surface area (TPSA) is 62.3 Å². The van der Waals surface area contributed by atoms with Crippen LogP contribution in [0.2, 0.25) is 0 Å². The van der Waals surface area contributed by atoms with Crippen molar-refractivity contribution < 1.29 is 9.59 Å². The first-order valence-corrected chi connectivity index (χ1v) is 8.65. The fraction of sp³-hybridized carbons (Fsp3) is 0.136. The molecule has 27 heavy (non-hydrogen) atoms. The molecule has 5 heteroatoms. The summed E-state index contributed by atoms with van der Waals surface area (Å²) in [4.78, 5) is 30.1. The summed E-state index contributed by atoms with van der Waals surface area (Å²) in [6, 6.07) is 18.8. The number of benzene rings is 2. The minimum atomic E-state index is -0.104. The molecule has 1 heterocycles. The van der Waals surface area contributed by atoms with E-state index in [9.17, 15) is 9.59 Å². The van der Waals surface area contributed by atoms with Crippen LogP contribution in [0, 0.1) is 0 Å². The van der Waals surface area contributed by atoms with Crippen LogP contribution >= 0.6 is 0 Å². The van der Waals surface area contributed by atoms with E-state index in [0.717, 1.165) is 11.3 Å². The summed E-state index contributed by atoms with van der Waals surface area (Å²) < 4.78 is 0. The zero-order valence-corrected chi connectivity index (χ0v) is 15.3. The Bertz CT molecular complexity index is 955. The van der Waals surface area contributed by atoms with Gasteiger partial charge in [0.1, 0.15) is 0 Å². The van der Waals surface area contributed by atoms with Crippen molar-refractivity contribution in [1.82, 2.24) is 9.88 Å². The van der Waals surface area contributed by atoms with Crippen molar-refractivity contribution in [1.29, 1.82) is 0 Å². The van der Waals surface area contributed by atoms with Crippen LogP contribution in [0.1, 0.15) is 33.2 Å². The van der Waals surface area contributed by atoms with Crippen LogP contribution in [-0.2, 0) is 6.54 Å². The fourth-order valence-electron chi connectivity index (χ4n) is 2.76. The van der Waals surface area contributed by atoms with E-state index in [1.54, 1.807) is 42.5 Å². The molecule has 0 aliphatic heterocycles. The van der Waals surface area contributed by atoms with E-state index in [4.69, 9.17) is 0 Å². The molecule has 0 saturated carbocycles. The molecule has 1 amide bonds. The van der Waals surface area contributed by atoms with E-state index < -0.39 is 0 Å². The molecule has 0 atom stereocenters. The monoisotopic (exact) mass is 359 g/mol. The maximum absolute atomic E-state index is 12.7. The third-order valence-corrected chi connectivity index (χ3v) is 4.15. The first-order valence-electron chi connectivity index (χ1n) is 8.65. The summed E-state index contributed by atoms with van der Waals surface area (Å²) in [5.74, 6) is -0.101. The van der Waals surface area contributed by atoms with Gasteiger partial charge in [0.15, 0.2) is 5.78 Å². The number of nitrogens with zero attached hydrogens (tertiary/aromatic N) is 2. The Labute approximate surface area is 158 Å². The SMILES string of the molecule is CC(=O)c1cccc(Nc2cncc(C(=O)N(C)Cc3ccccc3)c2)c1. The lowest BCUT2D eigenvalue weighted by molar-refractivity contribution is 0.0784. The molecule has 0 radical (unpaired) electrons. The third-order valence-electron chi connectivity index (χ3n) is 4.15. The van der Waals surface area contributed by atoms with Gasteiger partial charge >= 0.3 is 0 Å². The number of hydrogen-bond donors (Lipinski definition) is 1. The van der Waals surface area contributed by atoms with Crippen molar-refractivity contribution in [3.05, 3.63) is 89.7 Å². The lowest BCUT2D eigenvalue weighted by Crippen LogP contribution is -2.26. The molecule has 0 saturated heterocycles. The van der Waals surface area contributed by atoms with Crippen molar-refractivity contribution in [3.8, 4) is 0 Å². The zero-order valence-electron chi connectivity index (χ0n) is 15.3. The molecule has 0 fully saturated rings. The number of ketones is 1. The van der Waals surface area contributed by atoms with Crippen molar-refractivity contribution in [2.45, 2.75) is 13.5 Å². The van der Waals surface area contributed by atoms with Crippen molar-refractivity contribution in [2.24, 2.45) is 0 Å². The molecule has 1 aromatic heterocycles. The van der Waals surface area contributed by atoms with Gasteiger partial charge in [0.25, 0.3) is 5.91 Å². The van der Waals surface area contributed by atoms with Gasteiger partial charge < -0.3 is 10.2 Å². The molecular weight excluding hydrogens is 338 g/mol. The van der Waals surface area contributed by atoms with E-state index in [-0.39, 0.29) is 11.7 Å². The summed E-state index contributed by atoms with van der Waals surface area (Å²) in [6.07, 6.45) is 3.20. The van der Waals surface area contributed by atoms with Gasteiger partial charge in [-0.15, -0.1) is 0 Å². The lowest BCUT2D eigenvalue weighted by Gasteiger charge is -2.17. The van der Waals surface area contributed by atoms with Crippen LogP contribution < -0.4 is 5.32 Å². The van der Waals surface area contributed by atoms with Crippen LogP contribution in [0.5, 0.6) is 0 Å². The van der Waals surface area contributed by atoms with Gasteiger partial charge in [-0.2, -0.15) is 0 Å². The van der Waals surface area contributed by atoms with Gasteiger partial charge in [-0.3, -0.25) is 14.6 Å². The van der Waals surface area contributed by atoms with Gasteiger partial charge in [0, 0.05) is 31.0 Å². The van der Waals surface area contributed by atoms with Crippen molar-refractivity contribution in [3.63, 3.8) is 0 Å². The average molecular weight is 359 g/mol. The lowest BCUT2D eigenvalue weighted by atomic mass is 10.1. The predicted octanol–water partition coefficient (Wildman–Crippen LogP) is 4.30. The maximum Gasteiger partial charge on any atom is 0.255 e. The molecule has 0 unspecified atom stereocenters. The first-order chi connectivity index (χ1) is 13.0. The minimum absolute atomic E-state index is 0.00300. The largest absolute Gasteiger partial charge is 0.354 e. The Morgan fingerprint density at radius 2 is 1.67 bits per heavy atom. The summed E-state index contributed by atoms with van der Waals surface area (Å²) in [7, 11) is 1.77. The molecule has 2 aromatic carbocycles. The van der Waals surface area contributed by atoms with E-state index in [1.165, 1.54) is 6.92 Å². The second-order valence-electron chi connectivity index (χ2n) is 6.37. The minimum Gasteiger partial charge on any atom is -0.354 e. The molecular formula is C22H21N3O2. The van der Waals surface area contributed by atoms with Gasteiger partial charge in [-0.1, -0.05) is 42.5 Å². The molecule has 5 nitrogen and oxygen atoms in total. The number of Topliss-reactive ketones (excluding diaryl/α,β-unsaturated/α-hetero) is 1. The summed E-state index contributed by atoms with van der Waals surface area (Å²) in [6.45, 7) is 2.06. The van der Waals surface area contributed by atoms with Crippen LogP contribution in [0.25, 0.3) is 0 Å². The average Bonchev–Trinajstić information content (AvgIpc) is 2.68. The van der Waals surface area contributed by atoms with Gasteiger partial charge in [-0.25, -0.2) is 0 Å². The van der Waals surface area contributed by atoms with Crippen molar-refractivity contribution in [2.75, 3.05) is 12.4 Å². The van der Waals surface area contributed by atoms with Gasteiger partial charge in [0.05, 0.1) is 17.4 Å². The number of pyridine rings is 1. The van der Waals surface area contributed by atoms with Crippen LogP contribution in [0.15, 0.2) is 73.1 Å². The second kappa shape index (κ2) is 8.27. The maximum atomic E-state index is 12.7. The Hall–Kier alpha value is -3.47. The normalized spacial score (nSPS) is 10.3. The fourth-order valence-corrected chi connectivity index (χ4v) is 2.76. The number of hydrogen-bond acceptors (Lipinski definition) is 4. The highest BCUT2D eigenvalue weighted by molar-refractivity contribution is 5.96. The Morgan fingerprint density at radius 3 is 2.41 bits per heavy atom. The number of carbonyl (C=O) groups is 2. The molecule has 0 bridgehead atoms. The van der Waals surface area contributed by atoms with Gasteiger partial charge in [-0.05, 0) is 30.7 Å². The zero-order chi connectivity index (χ0) is 19.2. The van der Waals surface area contributed by atoms with Crippen LogP contribution in [0.3, 0.4) is 0 Å². The number of anilines is 2. The number of amides is 1. The molecule has 0 spiro atoms. The summed E-state index contributed by atoms with van der Waals surface area (Å²) >= 11 is 0. The van der Waals surface area contributed by atoms with E-state index in [0.29, 0.717) is 23.4 Å². The quantitative estimate of drug-likeness (QED) is 0.667. The third kappa shape index (κ3) is 4.79. The van der Waals surface area contributed by atoms with E-state index in [2.05, 4.69) is 10.3 Å². The van der Waals surface area contributed by atoms with E-state index >= 15 is 0 Å². The smallest absolute Gasteiger partial charge is 0.255 e. The molecule has 0 aliphatic carbocycles. The number of aromatic nitrogens is 1. The number of carbonyl (C=O) groups excluding carboxylic acids is 2. The highest BCUT2D eigenvalue weighted by Crippen LogP contribution is 2.19. The molecule has 136 valence electrons. The highest BCUT2D eigenvalue weighted by atomic mass is 16.2. The van der Waals surface area contributed by atoms with Crippen LogP contribution in [0.4, 0.5) is 11.4 Å². The number of nitrogens with one attached hydrogen (secondary N) is 1. The summed E-state index contributed by atoms with van der Waals surface area (Å²) in [5.41, 5.74) is 3.65. The first kappa shape index (κ1) is 18.3. The number of rotatable bonds is 6. The van der Waals surface area contributed by atoms with Gasteiger partial charge in [0.2, 0.25) is 0 Å². The molecule has 3 rings (SSSR count). The summed E-state index contributed by atoms with van der Waals surface area (Å²) in [5, 5.41) is 3.20. The Morgan fingerprint density at radius 1 is 0.926 bits per heavy atom. The highest BCUT2D eigenvalue weighted by Gasteiger charge is 2.13. The molecule has 0 aliphatic rings. The Kier molecular flexibility index (Phi) is 5.61.